The number of carbonyl (C=O) groups is 3. The van der Waals surface area contributed by atoms with E-state index < -0.39 is 59.3 Å². The number of unbranched alkanes of at least 4 members (excludes halogenated alkanes) is 4. The number of aromatic nitrogens is 1. The van der Waals surface area contributed by atoms with Gasteiger partial charge in [0.25, 0.3) is 0 Å². The van der Waals surface area contributed by atoms with E-state index in [0.29, 0.717) is 12.0 Å². The molecule has 0 aliphatic carbocycles. The Kier molecular flexibility index (Phi) is 10.4. The van der Waals surface area contributed by atoms with Crippen LogP contribution >= 0.6 is 0 Å². The number of hydrogen-bond donors (Lipinski definition) is 3. The number of amides is 2. The Balaban J connectivity index is 1.68. The van der Waals surface area contributed by atoms with Crippen molar-refractivity contribution in [2.24, 2.45) is 0 Å². The second-order valence-corrected chi connectivity index (χ2v) is 8.94. The van der Waals surface area contributed by atoms with Gasteiger partial charge < -0.3 is 20.4 Å². The average molecular weight is 554 g/mol. The topological polar surface area (TPSA) is 100 Å². The van der Waals surface area contributed by atoms with Gasteiger partial charge in [0.05, 0.1) is 0 Å². The van der Waals surface area contributed by atoms with E-state index in [4.69, 9.17) is 0 Å². The van der Waals surface area contributed by atoms with Crippen LogP contribution in [0, 0.1) is 29.1 Å². The Hall–Kier alpha value is -3.96. The number of benzene rings is 2. The third-order valence-corrected chi connectivity index (χ3v) is 6.05. The number of rotatable bonds is 13. The first-order valence-corrected chi connectivity index (χ1v) is 12.5. The molecule has 1 atom stereocenters. The molecule has 0 aliphatic heterocycles. The summed E-state index contributed by atoms with van der Waals surface area (Å²) < 4.78 is 71.9. The highest BCUT2D eigenvalue weighted by Gasteiger charge is 2.29. The molecule has 3 rings (SSSR count). The molecule has 0 spiro atoms. The zero-order valence-corrected chi connectivity index (χ0v) is 21.1. The normalized spacial score (nSPS) is 11.8. The molecule has 0 saturated carbocycles. The molecular weight excluding hydrogens is 525 g/mol. The zero-order chi connectivity index (χ0) is 28.5. The summed E-state index contributed by atoms with van der Waals surface area (Å²) in [7, 11) is 0. The van der Waals surface area contributed by atoms with Gasteiger partial charge in [0.2, 0.25) is 46.6 Å². The van der Waals surface area contributed by atoms with Crippen LogP contribution in [0.2, 0.25) is 0 Å². The lowest BCUT2D eigenvalue weighted by Gasteiger charge is -2.18. The summed E-state index contributed by atoms with van der Waals surface area (Å²) in [5.41, 5.74) is 1.51. The van der Waals surface area contributed by atoms with Crippen molar-refractivity contribution in [3.63, 3.8) is 0 Å². The molecule has 1 heterocycles. The Morgan fingerprint density at radius 3 is 2.23 bits per heavy atom. The van der Waals surface area contributed by atoms with Crippen molar-refractivity contribution >= 4 is 28.7 Å². The average Bonchev–Trinajstić information content (AvgIpc) is 3.34. The molecule has 0 aliphatic rings. The van der Waals surface area contributed by atoms with Gasteiger partial charge in [-0.1, -0.05) is 50.8 Å². The molecule has 0 unspecified atom stereocenters. The van der Waals surface area contributed by atoms with Crippen LogP contribution in [0.15, 0.2) is 30.5 Å². The van der Waals surface area contributed by atoms with Crippen molar-refractivity contribution in [2.45, 2.75) is 57.9 Å². The van der Waals surface area contributed by atoms with Gasteiger partial charge in [-0.15, -0.1) is 0 Å². The predicted molar refractivity (Wildman–Crippen MR) is 132 cm³/mol. The highest BCUT2D eigenvalue weighted by molar-refractivity contribution is 5.91. The van der Waals surface area contributed by atoms with Crippen LogP contribution < -0.4 is 15.4 Å². The molecule has 39 heavy (non-hydrogen) atoms. The largest absolute Gasteiger partial charge is 0.419 e. The molecule has 2 aromatic carbocycles. The predicted octanol–water partition coefficient (Wildman–Crippen LogP) is 4.97. The van der Waals surface area contributed by atoms with E-state index >= 15 is 0 Å². The summed E-state index contributed by atoms with van der Waals surface area (Å²) in [6.07, 6.45) is 6.47. The van der Waals surface area contributed by atoms with E-state index in [2.05, 4.69) is 27.3 Å². The van der Waals surface area contributed by atoms with Crippen LogP contribution in [-0.4, -0.2) is 35.4 Å². The van der Waals surface area contributed by atoms with Crippen molar-refractivity contribution < 1.29 is 41.1 Å². The first-order chi connectivity index (χ1) is 18.6. The summed E-state index contributed by atoms with van der Waals surface area (Å²) in [4.78, 5) is 40.6. The van der Waals surface area contributed by atoms with Crippen LogP contribution in [0.1, 0.15) is 51.0 Å². The number of para-hydroxylation sites is 1. The summed E-state index contributed by atoms with van der Waals surface area (Å²) in [5.74, 6) is -16.1. The molecule has 2 amide bonds. The summed E-state index contributed by atoms with van der Waals surface area (Å²) in [6, 6.07) is 6.16. The van der Waals surface area contributed by atoms with Gasteiger partial charge in [0.1, 0.15) is 12.6 Å². The number of esters is 1. The van der Waals surface area contributed by atoms with Crippen LogP contribution in [0.25, 0.3) is 10.9 Å². The van der Waals surface area contributed by atoms with Gasteiger partial charge >= 0.3 is 5.97 Å². The number of ether oxygens (including phenoxy) is 1. The number of halogens is 5. The maximum Gasteiger partial charge on any atom is 0.331 e. The van der Waals surface area contributed by atoms with Crippen LogP contribution in [0.4, 0.5) is 22.0 Å². The van der Waals surface area contributed by atoms with Gasteiger partial charge in [-0.05, 0) is 18.1 Å². The van der Waals surface area contributed by atoms with E-state index in [0.717, 1.165) is 36.6 Å². The van der Waals surface area contributed by atoms with Crippen molar-refractivity contribution in [3.05, 3.63) is 65.1 Å². The van der Waals surface area contributed by atoms with Crippen LogP contribution in [-0.2, 0) is 20.8 Å². The minimum absolute atomic E-state index is 0.0457. The monoisotopic (exact) mass is 553 g/mol. The number of H-pyrrole nitrogens is 1. The Morgan fingerprint density at radius 2 is 1.54 bits per heavy atom. The van der Waals surface area contributed by atoms with Crippen molar-refractivity contribution in [1.29, 1.82) is 0 Å². The molecule has 0 saturated heterocycles. The van der Waals surface area contributed by atoms with E-state index in [1.807, 2.05) is 18.2 Å². The third-order valence-electron chi connectivity index (χ3n) is 6.05. The smallest absolute Gasteiger partial charge is 0.331 e. The van der Waals surface area contributed by atoms with Crippen molar-refractivity contribution in [3.8, 4) is 5.75 Å². The minimum atomic E-state index is -2.40. The SMILES string of the molecule is CCCCCCCC(=O)N[C@@H](Cc1c[nH]c2ccccc12)C(=O)NCC(=O)Oc1c(F)c(F)c(F)c(F)c1F. The summed E-state index contributed by atoms with van der Waals surface area (Å²) in [5, 5.41) is 5.65. The maximum atomic E-state index is 13.8. The Morgan fingerprint density at radius 1 is 0.897 bits per heavy atom. The number of aromatic amines is 1. The molecule has 3 N–H and O–H groups in total. The molecule has 7 nitrogen and oxygen atoms in total. The van der Waals surface area contributed by atoms with E-state index in [1.165, 1.54) is 0 Å². The van der Waals surface area contributed by atoms with Gasteiger partial charge in [-0.2, -0.15) is 8.78 Å². The number of nitrogens with one attached hydrogen (secondary N) is 3. The molecule has 0 bridgehead atoms. The van der Waals surface area contributed by atoms with E-state index in [-0.39, 0.29) is 18.7 Å². The number of carbonyl (C=O) groups excluding carboxylic acids is 3. The molecule has 1 aromatic heterocycles. The Labute approximate surface area is 221 Å². The lowest BCUT2D eigenvalue weighted by molar-refractivity contribution is -0.136. The number of hydrogen-bond acceptors (Lipinski definition) is 4. The Bertz CT molecular complexity index is 1320. The van der Waals surface area contributed by atoms with E-state index in [9.17, 15) is 36.3 Å². The molecule has 3 aromatic rings. The molecule has 0 radical (unpaired) electrons. The lowest BCUT2D eigenvalue weighted by atomic mass is 10.0. The second kappa shape index (κ2) is 13.7. The van der Waals surface area contributed by atoms with Crippen LogP contribution in [0.3, 0.4) is 0 Å². The summed E-state index contributed by atoms with van der Waals surface area (Å²) in [6.45, 7) is 1.11. The fourth-order valence-corrected chi connectivity index (χ4v) is 3.99. The fraction of sp³-hybridized carbons (Fsp3) is 0.370. The van der Waals surface area contributed by atoms with Gasteiger partial charge in [-0.25, -0.2) is 18.0 Å². The molecule has 210 valence electrons. The summed E-state index contributed by atoms with van der Waals surface area (Å²) >= 11 is 0. The minimum Gasteiger partial charge on any atom is -0.419 e. The quantitative estimate of drug-likeness (QED) is 0.0695. The third kappa shape index (κ3) is 7.55. The fourth-order valence-electron chi connectivity index (χ4n) is 3.99. The highest BCUT2D eigenvalue weighted by Crippen LogP contribution is 2.29. The lowest BCUT2D eigenvalue weighted by Crippen LogP contribution is -2.49. The molecule has 12 heteroatoms. The highest BCUT2D eigenvalue weighted by atomic mass is 19.2. The van der Waals surface area contributed by atoms with Gasteiger partial charge in [0, 0.05) is 29.9 Å². The van der Waals surface area contributed by atoms with Gasteiger partial charge in [-0.3, -0.25) is 9.59 Å². The van der Waals surface area contributed by atoms with Crippen molar-refractivity contribution in [2.75, 3.05) is 6.54 Å². The zero-order valence-electron chi connectivity index (χ0n) is 21.1. The number of fused-ring (bicyclic) bond motifs is 1. The molecular formula is C27H28F5N3O4. The second-order valence-electron chi connectivity index (χ2n) is 8.94. The standard InChI is InChI=1S/C27H28F5N3O4/c1-2-3-4-5-6-11-19(36)35-18(12-15-13-33-17-10-8-7-9-16(15)17)27(38)34-14-20(37)39-26-24(31)22(29)21(28)23(30)25(26)32/h7-10,13,18,33H,2-6,11-12,14H2,1H3,(H,34,38)(H,35,36)/t18-/m0/s1. The first kappa shape index (κ1) is 29.6. The molecule has 0 fully saturated rings. The van der Waals surface area contributed by atoms with Crippen molar-refractivity contribution in [1.82, 2.24) is 15.6 Å². The first-order valence-electron chi connectivity index (χ1n) is 12.5. The maximum absolute atomic E-state index is 13.8. The van der Waals surface area contributed by atoms with Crippen LogP contribution in [0.5, 0.6) is 5.75 Å². The van der Waals surface area contributed by atoms with Gasteiger partial charge in [0.15, 0.2) is 0 Å². The van der Waals surface area contributed by atoms with E-state index in [1.54, 1.807) is 12.3 Å².